The van der Waals surface area contributed by atoms with Crippen molar-refractivity contribution in [3.8, 4) is 0 Å². The first-order valence-corrected chi connectivity index (χ1v) is 4.85. The molecule has 2 saturated heterocycles. The van der Waals surface area contributed by atoms with E-state index in [4.69, 9.17) is 10.5 Å². The molecule has 0 amide bonds. The Morgan fingerprint density at radius 3 is 2.57 bits per heavy atom. The maximum absolute atomic E-state index is 5.42. The Morgan fingerprint density at radius 2 is 2.36 bits per heavy atom. The standard InChI is InChI=1S/C5H10NO.C4H9N2.Cu/c1-5-4-7-3-2-6-5;5-4-1-2-6-3-4;/h5H,2-4H2,1H3;3-4,6H,1-2,5H2;/q2*-1;+2. The third-order valence-corrected chi connectivity index (χ3v) is 1.99. The van der Waals surface area contributed by atoms with Gasteiger partial charge >= 0.3 is 17.1 Å². The van der Waals surface area contributed by atoms with Crippen LogP contribution >= 0.6 is 0 Å². The first kappa shape index (κ1) is 14.4. The Kier molecular flexibility index (Phi) is 8.87. The summed E-state index contributed by atoms with van der Waals surface area (Å²) >= 11 is 0. The van der Waals surface area contributed by atoms with E-state index in [1.807, 2.05) is 6.54 Å². The predicted octanol–water partition coefficient (Wildman–Crippen LogP) is 0.245. The van der Waals surface area contributed by atoms with E-state index in [0.717, 1.165) is 32.7 Å². The molecule has 2 unspecified atom stereocenters. The third-order valence-electron chi connectivity index (χ3n) is 1.99. The zero-order valence-electron chi connectivity index (χ0n) is 8.50. The normalized spacial score (nSPS) is 31.3. The largest absolute Gasteiger partial charge is 2.00 e. The molecule has 0 saturated carbocycles. The van der Waals surface area contributed by atoms with Gasteiger partial charge in [0.25, 0.3) is 0 Å². The van der Waals surface area contributed by atoms with Gasteiger partial charge in [0.15, 0.2) is 0 Å². The van der Waals surface area contributed by atoms with Crippen molar-refractivity contribution in [1.82, 2.24) is 5.32 Å². The van der Waals surface area contributed by atoms with E-state index < -0.39 is 0 Å². The zero-order valence-corrected chi connectivity index (χ0v) is 9.44. The third kappa shape index (κ3) is 6.76. The molecule has 0 spiro atoms. The fraction of sp³-hybridized carbons (Fsp3) is 0.889. The van der Waals surface area contributed by atoms with Crippen molar-refractivity contribution in [2.75, 3.05) is 26.3 Å². The van der Waals surface area contributed by atoms with Crippen LogP contribution in [0.5, 0.6) is 0 Å². The molecule has 2 heterocycles. The summed E-state index contributed by atoms with van der Waals surface area (Å²) in [4.78, 5) is 0. The molecule has 2 rings (SSSR count). The van der Waals surface area contributed by atoms with E-state index in [1.54, 1.807) is 0 Å². The van der Waals surface area contributed by atoms with Gasteiger partial charge in [-0.3, -0.25) is 6.54 Å². The number of morpholine rings is 1. The molecule has 4 nitrogen and oxygen atoms in total. The summed E-state index contributed by atoms with van der Waals surface area (Å²) in [6.07, 6.45) is 1.10. The van der Waals surface area contributed by atoms with Crippen molar-refractivity contribution < 1.29 is 21.8 Å². The van der Waals surface area contributed by atoms with Gasteiger partial charge < -0.3 is 21.1 Å². The van der Waals surface area contributed by atoms with E-state index in [2.05, 4.69) is 17.6 Å². The van der Waals surface area contributed by atoms with E-state index in [0.29, 0.717) is 12.1 Å². The second-order valence-corrected chi connectivity index (χ2v) is 3.40. The Balaban J connectivity index is 0.000000227. The second-order valence-electron chi connectivity index (χ2n) is 3.40. The molecule has 0 aliphatic carbocycles. The molecule has 0 aromatic rings. The average Bonchev–Trinajstić information content (AvgIpc) is 2.58. The van der Waals surface area contributed by atoms with Gasteiger partial charge in [0.1, 0.15) is 0 Å². The number of nitrogens with two attached hydrogens (primary N) is 1. The molecule has 0 aromatic carbocycles. The Morgan fingerprint density at radius 1 is 1.57 bits per heavy atom. The quantitative estimate of drug-likeness (QED) is 0.477. The molecule has 2 aliphatic heterocycles. The van der Waals surface area contributed by atoms with Crippen LogP contribution in [0.25, 0.3) is 5.32 Å². The van der Waals surface area contributed by atoms with Crippen LogP contribution in [0, 0.1) is 6.54 Å². The van der Waals surface area contributed by atoms with Crippen LogP contribution in [0.3, 0.4) is 0 Å². The smallest absolute Gasteiger partial charge is 0.656 e. The van der Waals surface area contributed by atoms with Crippen molar-refractivity contribution in [2.24, 2.45) is 5.73 Å². The van der Waals surface area contributed by atoms with Crippen LogP contribution in [0.2, 0.25) is 0 Å². The Labute approximate surface area is 96.8 Å². The summed E-state index contributed by atoms with van der Waals surface area (Å²) in [5.74, 6) is 0. The fourth-order valence-electron chi connectivity index (χ4n) is 1.21. The molecule has 2 fully saturated rings. The second kappa shape index (κ2) is 8.65. The van der Waals surface area contributed by atoms with Gasteiger partial charge in [0, 0.05) is 13.2 Å². The minimum Gasteiger partial charge on any atom is -0.656 e. The van der Waals surface area contributed by atoms with Gasteiger partial charge in [-0.05, 0) is 6.54 Å². The number of rotatable bonds is 0. The van der Waals surface area contributed by atoms with Crippen molar-refractivity contribution in [2.45, 2.75) is 25.4 Å². The predicted molar refractivity (Wildman–Crippen MR) is 53.4 cm³/mol. The summed E-state index contributed by atoms with van der Waals surface area (Å²) < 4.78 is 5.09. The minimum atomic E-state index is 0. The van der Waals surface area contributed by atoms with Gasteiger partial charge in [-0.2, -0.15) is 0 Å². The molecule has 0 bridgehead atoms. The Bertz CT molecular complexity index is 125. The summed E-state index contributed by atoms with van der Waals surface area (Å²) in [6, 6.07) is 0.749. The van der Waals surface area contributed by atoms with Gasteiger partial charge in [0.05, 0.1) is 0 Å². The number of ether oxygens (including phenoxy) is 1. The van der Waals surface area contributed by atoms with Crippen LogP contribution in [0.4, 0.5) is 0 Å². The van der Waals surface area contributed by atoms with Gasteiger partial charge in [-0.25, -0.2) is 0 Å². The van der Waals surface area contributed by atoms with Crippen molar-refractivity contribution in [3.05, 3.63) is 11.9 Å². The van der Waals surface area contributed by atoms with Gasteiger partial charge in [-0.1, -0.05) is 13.3 Å². The van der Waals surface area contributed by atoms with E-state index in [-0.39, 0.29) is 17.1 Å². The summed E-state index contributed by atoms with van der Waals surface area (Å²) in [5.41, 5.74) is 5.42. The maximum atomic E-state index is 5.42. The topological polar surface area (TPSA) is 61.4 Å². The molecule has 3 N–H and O–H groups in total. The maximum Gasteiger partial charge on any atom is 2.00 e. The average molecular weight is 249 g/mol. The minimum absolute atomic E-state index is 0. The SMILES string of the molecule is CC1COCC[N-]1.NC1[CH-]NCC1.[Cu+2]. The fourth-order valence-corrected chi connectivity index (χ4v) is 1.21. The molecule has 87 valence electrons. The van der Waals surface area contributed by atoms with Gasteiger partial charge in [-0.15, -0.1) is 18.6 Å². The van der Waals surface area contributed by atoms with E-state index >= 15 is 0 Å². The summed E-state index contributed by atoms with van der Waals surface area (Å²) in [6.45, 7) is 7.59. The van der Waals surface area contributed by atoms with Crippen LogP contribution in [-0.4, -0.2) is 38.4 Å². The van der Waals surface area contributed by atoms with E-state index in [9.17, 15) is 0 Å². The zero-order chi connectivity index (χ0) is 9.52. The molecule has 1 radical (unpaired) electrons. The molecule has 5 heteroatoms. The van der Waals surface area contributed by atoms with Crippen molar-refractivity contribution in [3.63, 3.8) is 0 Å². The van der Waals surface area contributed by atoms with Crippen LogP contribution < -0.4 is 11.1 Å². The van der Waals surface area contributed by atoms with Crippen LogP contribution in [-0.2, 0) is 21.8 Å². The molecular weight excluding hydrogens is 230 g/mol. The molecule has 2 aliphatic rings. The van der Waals surface area contributed by atoms with Gasteiger partial charge in [0.2, 0.25) is 0 Å². The monoisotopic (exact) mass is 248 g/mol. The number of hydrogen-bond acceptors (Lipinski definition) is 3. The van der Waals surface area contributed by atoms with Crippen molar-refractivity contribution >= 4 is 0 Å². The van der Waals surface area contributed by atoms with Crippen LogP contribution in [0.1, 0.15) is 13.3 Å². The van der Waals surface area contributed by atoms with E-state index in [1.165, 1.54) is 0 Å². The Hall–Kier alpha value is 0.359. The van der Waals surface area contributed by atoms with Crippen LogP contribution in [0.15, 0.2) is 0 Å². The number of nitrogens with one attached hydrogen (secondary N) is 1. The molecule has 14 heavy (non-hydrogen) atoms. The number of hydrogen-bond donors (Lipinski definition) is 2. The molecular formula is C9H19CuN3O. The summed E-state index contributed by atoms with van der Waals surface area (Å²) in [7, 11) is 0. The van der Waals surface area contributed by atoms with Crippen molar-refractivity contribution in [1.29, 1.82) is 0 Å². The summed E-state index contributed by atoms with van der Waals surface area (Å²) in [5, 5.41) is 7.23. The molecule has 0 aromatic heterocycles. The first-order chi connectivity index (χ1) is 6.29. The molecule has 2 atom stereocenters. The number of nitrogens with zero attached hydrogens (tertiary/aromatic N) is 1. The first-order valence-electron chi connectivity index (χ1n) is 4.85.